The summed E-state index contributed by atoms with van der Waals surface area (Å²) in [5, 5.41) is 3.54. The highest BCUT2D eigenvalue weighted by atomic mass is 16.6. The number of nitrogens with zero attached hydrogens (tertiary/aromatic N) is 1. The number of hydrogen-bond donors (Lipinski definition) is 1. The number of ether oxygens (including phenoxy) is 2. The van der Waals surface area contributed by atoms with E-state index >= 15 is 0 Å². The highest BCUT2D eigenvalue weighted by Gasteiger charge is 2.22. The highest BCUT2D eigenvalue weighted by Crippen LogP contribution is 2.30. The predicted octanol–water partition coefficient (Wildman–Crippen LogP) is 1.90. The van der Waals surface area contributed by atoms with Crippen LogP contribution in [0.15, 0.2) is 24.3 Å². The van der Waals surface area contributed by atoms with Crippen LogP contribution in [0.3, 0.4) is 0 Å². The highest BCUT2D eigenvalue weighted by molar-refractivity contribution is 5.40. The average Bonchev–Trinajstić information content (AvgIpc) is 2.49. The molecule has 4 heteroatoms. The van der Waals surface area contributed by atoms with Crippen molar-refractivity contribution in [2.75, 3.05) is 33.3 Å². The monoisotopic (exact) mass is 276 g/mol. The summed E-state index contributed by atoms with van der Waals surface area (Å²) in [6.07, 6.45) is 4.10. The molecule has 0 aliphatic carbocycles. The first-order valence-corrected chi connectivity index (χ1v) is 7.62. The second-order valence-electron chi connectivity index (χ2n) is 5.79. The van der Waals surface area contributed by atoms with Crippen LogP contribution in [0, 0.1) is 0 Å². The van der Waals surface area contributed by atoms with Crippen LogP contribution in [0.2, 0.25) is 0 Å². The van der Waals surface area contributed by atoms with Crippen molar-refractivity contribution in [2.45, 2.75) is 31.4 Å². The van der Waals surface area contributed by atoms with Gasteiger partial charge in [0.2, 0.25) is 0 Å². The SMILES string of the molecule is CN1CCCCC1CNCC1COc2ccccc2O1. The fraction of sp³-hybridized carbons (Fsp3) is 0.625. The third kappa shape index (κ3) is 3.25. The Balaban J connectivity index is 1.43. The van der Waals surface area contributed by atoms with Gasteiger partial charge in [-0.25, -0.2) is 0 Å². The molecule has 20 heavy (non-hydrogen) atoms. The molecule has 2 unspecified atom stereocenters. The maximum absolute atomic E-state index is 5.95. The minimum Gasteiger partial charge on any atom is -0.486 e. The Kier molecular flexibility index (Phi) is 4.43. The second kappa shape index (κ2) is 6.46. The molecule has 0 aromatic heterocycles. The van der Waals surface area contributed by atoms with Crippen LogP contribution in [-0.2, 0) is 0 Å². The molecule has 0 bridgehead atoms. The number of fused-ring (bicyclic) bond motifs is 1. The Morgan fingerprint density at radius 2 is 2.05 bits per heavy atom. The van der Waals surface area contributed by atoms with E-state index in [0.717, 1.165) is 24.6 Å². The van der Waals surface area contributed by atoms with Crippen molar-refractivity contribution in [1.82, 2.24) is 10.2 Å². The number of likely N-dealkylation sites (tertiary alicyclic amines) is 1. The molecule has 2 aliphatic heterocycles. The van der Waals surface area contributed by atoms with Gasteiger partial charge in [-0.3, -0.25) is 0 Å². The first kappa shape index (κ1) is 13.7. The van der Waals surface area contributed by atoms with Gasteiger partial charge in [0, 0.05) is 19.1 Å². The molecule has 3 rings (SSSR count). The van der Waals surface area contributed by atoms with Crippen LogP contribution in [0.1, 0.15) is 19.3 Å². The third-order valence-electron chi connectivity index (χ3n) is 4.24. The second-order valence-corrected chi connectivity index (χ2v) is 5.79. The third-order valence-corrected chi connectivity index (χ3v) is 4.24. The quantitative estimate of drug-likeness (QED) is 0.911. The standard InChI is InChI=1S/C16H24N2O2/c1-18-9-5-4-6-13(18)10-17-11-14-12-19-15-7-2-3-8-16(15)20-14/h2-3,7-8,13-14,17H,4-6,9-12H2,1H3. The molecule has 1 aromatic carbocycles. The van der Waals surface area contributed by atoms with E-state index in [1.54, 1.807) is 0 Å². The van der Waals surface area contributed by atoms with E-state index in [0.29, 0.717) is 12.6 Å². The normalized spacial score (nSPS) is 26.4. The van der Waals surface area contributed by atoms with Crippen molar-refractivity contribution >= 4 is 0 Å². The van der Waals surface area contributed by atoms with Crippen molar-refractivity contribution in [3.63, 3.8) is 0 Å². The molecule has 0 spiro atoms. The molecule has 1 fully saturated rings. The first-order chi connectivity index (χ1) is 9.83. The summed E-state index contributed by atoms with van der Waals surface area (Å²) in [7, 11) is 2.22. The summed E-state index contributed by atoms with van der Waals surface area (Å²) in [5.74, 6) is 1.72. The number of para-hydroxylation sites is 2. The van der Waals surface area contributed by atoms with Crippen molar-refractivity contribution in [3.05, 3.63) is 24.3 Å². The van der Waals surface area contributed by atoms with Crippen molar-refractivity contribution in [3.8, 4) is 11.5 Å². The van der Waals surface area contributed by atoms with E-state index < -0.39 is 0 Å². The predicted molar refractivity (Wildman–Crippen MR) is 79.5 cm³/mol. The van der Waals surface area contributed by atoms with Gasteiger partial charge in [0.15, 0.2) is 11.5 Å². The van der Waals surface area contributed by atoms with Gasteiger partial charge >= 0.3 is 0 Å². The molecular formula is C16H24N2O2. The van der Waals surface area contributed by atoms with Crippen LogP contribution < -0.4 is 14.8 Å². The van der Waals surface area contributed by atoms with Crippen molar-refractivity contribution in [2.24, 2.45) is 0 Å². The minimum atomic E-state index is 0.110. The fourth-order valence-electron chi connectivity index (χ4n) is 2.98. The number of piperidine rings is 1. The molecule has 110 valence electrons. The summed E-state index contributed by atoms with van der Waals surface area (Å²) in [6.45, 7) is 3.74. The van der Waals surface area contributed by atoms with E-state index in [1.807, 2.05) is 24.3 Å². The Morgan fingerprint density at radius 3 is 2.90 bits per heavy atom. The van der Waals surface area contributed by atoms with Crippen LogP contribution in [-0.4, -0.2) is 50.3 Å². The van der Waals surface area contributed by atoms with E-state index in [4.69, 9.17) is 9.47 Å². The van der Waals surface area contributed by atoms with Crippen LogP contribution in [0.4, 0.5) is 0 Å². The molecule has 2 aliphatic rings. The molecule has 2 atom stereocenters. The molecule has 2 heterocycles. The number of hydrogen-bond acceptors (Lipinski definition) is 4. The fourth-order valence-corrected chi connectivity index (χ4v) is 2.98. The topological polar surface area (TPSA) is 33.7 Å². The molecule has 4 nitrogen and oxygen atoms in total. The maximum atomic E-state index is 5.95. The maximum Gasteiger partial charge on any atom is 0.161 e. The number of benzene rings is 1. The Hall–Kier alpha value is -1.26. The summed E-state index contributed by atoms with van der Waals surface area (Å²) < 4.78 is 11.7. The summed E-state index contributed by atoms with van der Waals surface area (Å²) in [6, 6.07) is 8.54. The summed E-state index contributed by atoms with van der Waals surface area (Å²) in [4.78, 5) is 2.46. The largest absolute Gasteiger partial charge is 0.486 e. The molecular weight excluding hydrogens is 252 g/mol. The first-order valence-electron chi connectivity index (χ1n) is 7.62. The van der Waals surface area contributed by atoms with Crippen molar-refractivity contribution < 1.29 is 9.47 Å². The van der Waals surface area contributed by atoms with Gasteiger partial charge in [-0.2, -0.15) is 0 Å². The van der Waals surface area contributed by atoms with Gasteiger partial charge in [-0.15, -0.1) is 0 Å². The van der Waals surface area contributed by atoms with E-state index in [9.17, 15) is 0 Å². The number of likely N-dealkylation sites (N-methyl/N-ethyl adjacent to an activating group) is 1. The van der Waals surface area contributed by atoms with Gasteiger partial charge in [0.25, 0.3) is 0 Å². The molecule has 1 aromatic rings. The Labute approximate surface area is 121 Å². The molecule has 0 amide bonds. The van der Waals surface area contributed by atoms with Gasteiger partial charge in [0.1, 0.15) is 12.7 Å². The van der Waals surface area contributed by atoms with Gasteiger partial charge < -0.3 is 19.7 Å². The van der Waals surface area contributed by atoms with Crippen LogP contribution in [0.25, 0.3) is 0 Å². The van der Waals surface area contributed by atoms with Gasteiger partial charge in [-0.1, -0.05) is 18.6 Å². The zero-order chi connectivity index (χ0) is 13.8. The average molecular weight is 276 g/mol. The Bertz CT molecular complexity index is 438. The lowest BCUT2D eigenvalue weighted by Gasteiger charge is -2.33. The molecule has 1 N–H and O–H groups in total. The summed E-state index contributed by atoms with van der Waals surface area (Å²) in [5.41, 5.74) is 0. The lowest BCUT2D eigenvalue weighted by atomic mass is 10.0. The van der Waals surface area contributed by atoms with Gasteiger partial charge in [0.05, 0.1) is 0 Å². The zero-order valence-corrected chi connectivity index (χ0v) is 12.2. The molecule has 0 radical (unpaired) electrons. The molecule has 1 saturated heterocycles. The minimum absolute atomic E-state index is 0.110. The lowest BCUT2D eigenvalue weighted by Crippen LogP contribution is -2.46. The van der Waals surface area contributed by atoms with E-state index in [-0.39, 0.29) is 6.10 Å². The number of nitrogens with one attached hydrogen (secondary N) is 1. The van der Waals surface area contributed by atoms with Crippen LogP contribution in [0.5, 0.6) is 11.5 Å². The van der Waals surface area contributed by atoms with Crippen LogP contribution >= 0.6 is 0 Å². The molecule has 0 saturated carbocycles. The zero-order valence-electron chi connectivity index (χ0n) is 12.2. The van der Waals surface area contributed by atoms with E-state index in [2.05, 4.69) is 17.3 Å². The van der Waals surface area contributed by atoms with Crippen molar-refractivity contribution in [1.29, 1.82) is 0 Å². The number of rotatable bonds is 4. The smallest absolute Gasteiger partial charge is 0.161 e. The van der Waals surface area contributed by atoms with E-state index in [1.165, 1.54) is 25.8 Å². The summed E-state index contributed by atoms with van der Waals surface area (Å²) >= 11 is 0. The van der Waals surface area contributed by atoms with Gasteiger partial charge in [-0.05, 0) is 38.6 Å². The Morgan fingerprint density at radius 1 is 1.20 bits per heavy atom. The lowest BCUT2D eigenvalue weighted by molar-refractivity contribution is 0.0872.